The standard InChI is InChI=1S/C24H30N2O2/c1-4-5-17-26(21-10-12-22(28-3)13-11-21)23-14-9-20(18-19(23)2)24(27)25-15-7-6-8-16-25/h5,9-14,17-18H,4,6-8,15-16H2,1-3H3/b17-5-. The van der Waals surface area contributed by atoms with Gasteiger partial charge in [-0.2, -0.15) is 0 Å². The Balaban J connectivity index is 1.89. The molecule has 1 amide bonds. The Hall–Kier alpha value is -2.75. The third-order valence-corrected chi connectivity index (χ3v) is 5.19. The van der Waals surface area contributed by atoms with Gasteiger partial charge in [-0.1, -0.05) is 13.0 Å². The smallest absolute Gasteiger partial charge is 0.253 e. The molecular weight excluding hydrogens is 348 g/mol. The first kappa shape index (κ1) is 20.0. The van der Waals surface area contributed by atoms with Crippen molar-refractivity contribution in [3.8, 4) is 5.75 Å². The number of anilines is 2. The molecule has 0 radical (unpaired) electrons. The number of allylic oxidation sites excluding steroid dienone is 1. The summed E-state index contributed by atoms with van der Waals surface area (Å²) in [6.07, 6.45) is 8.62. The van der Waals surface area contributed by atoms with Gasteiger partial charge in [0.2, 0.25) is 0 Å². The number of hydrogen-bond acceptors (Lipinski definition) is 3. The summed E-state index contributed by atoms with van der Waals surface area (Å²) in [6, 6.07) is 14.0. The van der Waals surface area contributed by atoms with E-state index in [1.807, 2.05) is 41.3 Å². The Morgan fingerprint density at radius 3 is 2.43 bits per heavy atom. The zero-order valence-electron chi connectivity index (χ0n) is 17.1. The summed E-state index contributed by atoms with van der Waals surface area (Å²) in [6.45, 7) is 5.93. The number of carbonyl (C=O) groups excluding carboxylic acids is 1. The van der Waals surface area contributed by atoms with E-state index in [9.17, 15) is 4.79 Å². The van der Waals surface area contributed by atoms with Gasteiger partial charge in [0.1, 0.15) is 5.75 Å². The highest BCUT2D eigenvalue weighted by Gasteiger charge is 2.19. The van der Waals surface area contributed by atoms with Crippen LogP contribution in [0.4, 0.5) is 11.4 Å². The zero-order valence-corrected chi connectivity index (χ0v) is 17.1. The van der Waals surface area contributed by atoms with Crippen LogP contribution in [-0.4, -0.2) is 31.0 Å². The molecule has 0 spiro atoms. The number of likely N-dealkylation sites (tertiary alicyclic amines) is 1. The SMILES string of the molecule is CC/C=C\N(c1ccc(OC)cc1)c1ccc(C(=O)N2CCCCC2)cc1C. The summed E-state index contributed by atoms with van der Waals surface area (Å²) >= 11 is 0. The molecule has 0 aromatic heterocycles. The van der Waals surface area contributed by atoms with Crippen LogP contribution >= 0.6 is 0 Å². The molecule has 4 heteroatoms. The number of aryl methyl sites for hydroxylation is 1. The van der Waals surface area contributed by atoms with Crippen molar-refractivity contribution in [1.29, 1.82) is 0 Å². The second-order valence-electron chi connectivity index (χ2n) is 7.22. The van der Waals surface area contributed by atoms with Crippen molar-refractivity contribution in [1.82, 2.24) is 4.90 Å². The van der Waals surface area contributed by atoms with Crippen molar-refractivity contribution in [2.75, 3.05) is 25.1 Å². The molecule has 4 nitrogen and oxygen atoms in total. The van der Waals surface area contributed by atoms with Crippen LogP contribution < -0.4 is 9.64 Å². The largest absolute Gasteiger partial charge is 0.497 e. The second kappa shape index (κ2) is 9.45. The molecule has 0 unspecified atom stereocenters. The molecule has 0 atom stereocenters. The number of carbonyl (C=O) groups is 1. The van der Waals surface area contributed by atoms with Crippen LogP contribution in [-0.2, 0) is 0 Å². The van der Waals surface area contributed by atoms with Crippen LogP contribution in [0.1, 0.15) is 48.5 Å². The van der Waals surface area contributed by atoms with Crippen molar-refractivity contribution in [3.63, 3.8) is 0 Å². The van der Waals surface area contributed by atoms with Gasteiger partial charge in [0.05, 0.1) is 7.11 Å². The molecule has 1 aliphatic heterocycles. The molecule has 148 valence electrons. The molecule has 1 saturated heterocycles. The molecule has 1 heterocycles. The average Bonchev–Trinajstić information content (AvgIpc) is 2.75. The van der Waals surface area contributed by atoms with Gasteiger partial charge in [0.25, 0.3) is 5.91 Å². The van der Waals surface area contributed by atoms with E-state index in [-0.39, 0.29) is 5.91 Å². The first-order valence-corrected chi connectivity index (χ1v) is 10.1. The molecule has 1 aliphatic rings. The van der Waals surface area contributed by atoms with E-state index in [1.165, 1.54) is 6.42 Å². The minimum absolute atomic E-state index is 0.148. The number of hydrogen-bond donors (Lipinski definition) is 0. The quantitative estimate of drug-likeness (QED) is 0.647. The number of ether oxygens (including phenoxy) is 1. The maximum absolute atomic E-state index is 12.8. The summed E-state index contributed by atoms with van der Waals surface area (Å²) in [5.74, 6) is 0.983. The van der Waals surface area contributed by atoms with Crippen LogP contribution in [0.15, 0.2) is 54.7 Å². The highest BCUT2D eigenvalue weighted by atomic mass is 16.5. The van der Waals surface area contributed by atoms with Crippen LogP contribution in [0, 0.1) is 6.92 Å². The van der Waals surface area contributed by atoms with E-state index in [4.69, 9.17) is 4.74 Å². The van der Waals surface area contributed by atoms with Crippen molar-refractivity contribution < 1.29 is 9.53 Å². The number of benzene rings is 2. The van der Waals surface area contributed by atoms with Crippen LogP contribution in [0.2, 0.25) is 0 Å². The fourth-order valence-corrected chi connectivity index (χ4v) is 3.60. The van der Waals surface area contributed by atoms with Gasteiger partial charge in [-0.25, -0.2) is 0 Å². The summed E-state index contributed by atoms with van der Waals surface area (Å²) in [5.41, 5.74) is 3.99. The normalized spacial score (nSPS) is 14.3. The predicted octanol–water partition coefficient (Wildman–Crippen LogP) is 5.69. The monoisotopic (exact) mass is 378 g/mol. The molecule has 0 bridgehead atoms. The number of rotatable bonds is 6. The third-order valence-electron chi connectivity index (χ3n) is 5.19. The minimum atomic E-state index is 0.148. The van der Waals surface area contributed by atoms with Crippen molar-refractivity contribution in [2.45, 2.75) is 39.5 Å². The molecule has 2 aromatic carbocycles. The Morgan fingerprint density at radius 2 is 1.82 bits per heavy atom. The van der Waals surface area contributed by atoms with Crippen molar-refractivity contribution in [2.24, 2.45) is 0 Å². The number of piperidine rings is 1. The van der Waals surface area contributed by atoms with Crippen molar-refractivity contribution >= 4 is 17.3 Å². The fourth-order valence-electron chi connectivity index (χ4n) is 3.60. The lowest BCUT2D eigenvalue weighted by atomic mass is 10.1. The summed E-state index contributed by atoms with van der Waals surface area (Å²) in [7, 11) is 1.67. The maximum Gasteiger partial charge on any atom is 0.253 e. The number of nitrogens with zero attached hydrogens (tertiary/aromatic N) is 2. The van der Waals surface area contributed by atoms with Gasteiger partial charge in [-0.05, 0) is 80.6 Å². The Kier molecular flexibility index (Phi) is 6.75. The molecule has 2 aromatic rings. The van der Waals surface area contributed by atoms with Gasteiger partial charge in [0.15, 0.2) is 0 Å². The molecular formula is C24H30N2O2. The third kappa shape index (κ3) is 4.56. The van der Waals surface area contributed by atoms with E-state index in [0.29, 0.717) is 0 Å². The Labute approximate surface area is 168 Å². The Morgan fingerprint density at radius 1 is 1.11 bits per heavy atom. The maximum atomic E-state index is 12.8. The van der Waals surface area contributed by atoms with Crippen molar-refractivity contribution in [3.05, 3.63) is 65.9 Å². The van der Waals surface area contributed by atoms with E-state index in [2.05, 4.69) is 37.1 Å². The lowest BCUT2D eigenvalue weighted by Gasteiger charge is -2.28. The molecule has 3 rings (SSSR count). The lowest BCUT2D eigenvalue weighted by molar-refractivity contribution is 0.0724. The van der Waals surface area contributed by atoms with Crippen LogP contribution in [0.3, 0.4) is 0 Å². The topological polar surface area (TPSA) is 32.8 Å². The highest BCUT2D eigenvalue weighted by Crippen LogP contribution is 2.31. The number of amides is 1. The first-order chi connectivity index (χ1) is 13.6. The van der Waals surface area contributed by atoms with E-state index in [0.717, 1.165) is 60.6 Å². The summed E-state index contributed by atoms with van der Waals surface area (Å²) < 4.78 is 5.28. The molecule has 1 fully saturated rings. The summed E-state index contributed by atoms with van der Waals surface area (Å²) in [4.78, 5) is 17.0. The van der Waals surface area contributed by atoms with Crippen LogP contribution in [0.5, 0.6) is 5.75 Å². The minimum Gasteiger partial charge on any atom is -0.497 e. The van der Waals surface area contributed by atoms with Gasteiger partial charge in [0, 0.05) is 36.2 Å². The Bertz CT molecular complexity index is 821. The first-order valence-electron chi connectivity index (χ1n) is 10.1. The zero-order chi connectivity index (χ0) is 19.9. The van der Waals surface area contributed by atoms with E-state index >= 15 is 0 Å². The van der Waals surface area contributed by atoms with Gasteiger partial charge in [-0.3, -0.25) is 4.79 Å². The molecule has 0 aliphatic carbocycles. The average molecular weight is 379 g/mol. The van der Waals surface area contributed by atoms with Gasteiger partial charge in [-0.15, -0.1) is 0 Å². The highest BCUT2D eigenvalue weighted by molar-refractivity contribution is 5.95. The molecule has 0 N–H and O–H groups in total. The lowest BCUT2D eigenvalue weighted by Crippen LogP contribution is -2.35. The van der Waals surface area contributed by atoms with Gasteiger partial charge < -0.3 is 14.5 Å². The van der Waals surface area contributed by atoms with Crippen LogP contribution in [0.25, 0.3) is 0 Å². The summed E-state index contributed by atoms with van der Waals surface area (Å²) in [5, 5.41) is 0. The fraction of sp³-hybridized carbons (Fsp3) is 0.375. The number of methoxy groups -OCH3 is 1. The predicted molar refractivity (Wildman–Crippen MR) is 115 cm³/mol. The van der Waals surface area contributed by atoms with E-state index < -0.39 is 0 Å². The molecule has 0 saturated carbocycles. The molecule has 28 heavy (non-hydrogen) atoms. The van der Waals surface area contributed by atoms with E-state index in [1.54, 1.807) is 7.11 Å². The second-order valence-corrected chi connectivity index (χ2v) is 7.22. The van der Waals surface area contributed by atoms with Gasteiger partial charge >= 0.3 is 0 Å².